The second-order valence-electron chi connectivity index (χ2n) is 5.51. The number of para-hydroxylation sites is 1. The van der Waals surface area contributed by atoms with Gasteiger partial charge in [0.15, 0.2) is 5.60 Å². The van der Waals surface area contributed by atoms with E-state index in [0.29, 0.717) is 25.1 Å². The van der Waals surface area contributed by atoms with Crippen LogP contribution in [-0.4, -0.2) is 54.2 Å². The molecule has 0 unspecified atom stereocenters. The van der Waals surface area contributed by atoms with Crippen molar-refractivity contribution in [1.82, 2.24) is 4.90 Å². The summed E-state index contributed by atoms with van der Waals surface area (Å²) in [5.74, 6) is -1.25. The summed E-state index contributed by atoms with van der Waals surface area (Å²) in [6.07, 6.45) is 0.684. The summed E-state index contributed by atoms with van der Waals surface area (Å²) in [6.45, 7) is 0.999. The molecule has 2 fully saturated rings. The zero-order valence-electron chi connectivity index (χ0n) is 11.8. The molecule has 0 aromatic heterocycles. The second kappa shape index (κ2) is 5.04. The van der Waals surface area contributed by atoms with Crippen LogP contribution in [0.15, 0.2) is 24.3 Å². The Labute approximate surface area is 122 Å². The molecule has 2 heterocycles. The molecule has 21 heavy (non-hydrogen) atoms. The van der Waals surface area contributed by atoms with Gasteiger partial charge in [0.25, 0.3) is 5.91 Å². The first kappa shape index (κ1) is 13.9. The smallest absolute Gasteiger partial charge is 0.338 e. The molecule has 1 aromatic rings. The van der Waals surface area contributed by atoms with E-state index in [0.717, 1.165) is 5.69 Å². The van der Waals surface area contributed by atoms with Crippen LogP contribution < -0.4 is 5.32 Å². The SMILES string of the molecule is CNc1ccccc1C(=O)N1C[C@@H]2CCO[C@]2(C(=O)O)C1. The molecule has 3 rings (SSSR count). The molecule has 2 atom stereocenters. The average molecular weight is 290 g/mol. The van der Waals surface area contributed by atoms with Gasteiger partial charge in [-0.2, -0.15) is 0 Å². The number of nitrogens with zero attached hydrogens (tertiary/aromatic N) is 1. The van der Waals surface area contributed by atoms with E-state index in [9.17, 15) is 14.7 Å². The lowest BCUT2D eigenvalue weighted by atomic mass is 9.91. The van der Waals surface area contributed by atoms with E-state index in [2.05, 4.69) is 5.32 Å². The van der Waals surface area contributed by atoms with Gasteiger partial charge in [-0.1, -0.05) is 12.1 Å². The topological polar surface area (TPSA) is 78.9 Å². The van der Waals surface area contributed by atoms with E-state index < -0.39 is 11.6 Å². The molecule has 0 spiro atoms. The monoisotopic (exact) mass is 290 g/mol. The quantitative estimate of drug-likeness (QED) is 0.869. The molecule has 2 N–H and O–H groups in total. The third kappa shape index (κ3) is 2.06. The van der Waals surface area contributed by atoms with Gasteiger partial charge >= 0.3 is 5.97 Å². The number of carboxylic acid groups (broad SMARTS) is 1. The highest BCUT2D eigenvalue weighted by Crippen LogP contribution is 2.40. The molecule has 6 heteroatoms. The Bertz CT molecular complexity index is 589. The van der Waals surface area contributed by atoms with E-state index >= 15 is 0 Å². The van der Waals surface area contributed by atoms with Gasteiger partial charge in [0, 0.05) is 31.8 Å². The maximum atomic E-state index is 12.7. The van der Waals surface area contributed by atoms with Crippen molar-refractivity contribution in [1.29, 1.82) is 0 Å². The zero-order valence-corrected chi connectivity index (χ0v) is 11.8. The molecule has 2 aliphatic heterocycles. The molecular formula is C15H18N2O4. The Morgan fingerprint density at radius 3 is 2.86 bits per heavy atom. The number of carbonyl (C=O) groups excluding carboxylic acids is 1. The molecule has 6 nitrogen and oxygen atoms in total. The van der Waals surface area contributed by atoms with Gasteiger partial charge in [-0.15, -0.1) is 0 Å². The summed E-state index contributed by atoms with van der Waals surface area (Å²) in [7, 11) is 1.76. The van der Waals surface area contributed by atoms with Crippen molar-refractivity contribution in [2.45, 2.75) is 12.0 Å². The summed E-state index contributed by atoms with van der Waals surface area (Å²) in [6, 6.07) is 7.22. The minimum atomic E-state index is -1.22. The Balaban J connectivity index is 1.86. The van der Waals surface area contributed by atoms with Crippen molar-refractivity contribution in [2.24, 2.45) is 5.92 Å². The molecular weight excluding hydrogens is 272 g/mol. The van der Waals surface area contributed by atoms with Crippen LogP contribution in [0, 0.1) is 5.92 Å². The Hall–Kier alpha value is -2.08. The van der Waals surface area contributed by atoms with Gasteiger partial charge in [-0.05, 0) is 18.6 Å². The van der Waals surface area contributed by atoms with Gasteiger partial charge < -0.3 is 20.1 Å². The normalized spacial score (nSPS) is 27.5. The highest BCUT2D eigenvalue weighted by atomic mass is 16.5. The van der Waals surface area contributed by atoms with Crippen molar-refractivity contribution in [2.75, 3.05) is 32.1 Å². The van der Waals surface area contributed by atoms with Crippen LogP contribution in [0.3, 0.4) is 0 Å². The number of fused-ring (bicyclic) bond motifs is 1. The first-order valence-corrected chi connectivity index (χ1v) is 7.02. The largest absolute Gasteiger partial charge is 0.479 e. The third-order valence-electron chi connectivity index (χ3n) is 4.43. The molecule has 1 aromatic carbocycles. The predicted molar refractivity (Wildman–Crippen MR) is 76.3 cm³/mol. The molecule has 0 aliphatic carbocycles. The van der Waals surface area contributed by atoms with Gasteiger partial charge in [-0.25, -0.2) is 4.79 Å². The van der Waals surface area contributed by atoms with Gasteiger partial charge in [0.1, 0.15) is 0 Å². The maximum Gasteiger partial charge on any atom is 0.338 e. The van der Waals surface area contributed by atoms with Crippen molar-refractivity contribution in [3.8, 4) is 0 Å². The lowest BCUT2D eigenvalue weighted by molar-refractivity contribution is -0.160. The van der Waals surface area contributed by atoms with Crippen LogP contribution in [0.2, 0.25) is 0 Å². The molecule has 2 saturated heterocycles. The summed E-state index contributed by atoms with van der Waals surface area (Å²) in [5.41, 5.74) is 0.0786. The van der Waals surface area contributed by atoms with Crippen LogP contribution in [-0.2, 0) is 9.53 Å². The van der Waals surface area contributed by atoms with E-state index in [1.165, 1.54) is 0 Å². The van der Waals surface area contributed by atoms with E-state index in [1.54, 1.807) is 24.1 Å². The Morgan fingerprint density at radius 2 is 2.19 bits per heavy atom. The van der Waals surface area contributed by atoms with Crippen molar-refractivity contribution in [3.05, 3.63) is 29.8 Å². The fraction of sp³-hybridized carbons (Fsp3) is 0.467. The number of hydrogen-bond acceptors (Lipinski definition) is 4. The van der Waals surface area contributed by atoms with Crippen LogP contribution in [0.4, 0.5) is 5.69 Å². The van der Waals surface area contributed by atoms with E-state index in [1.807, 2.05) is 12.1 Å². The molecule has 0 radical (unpaired) electrons. The van der Waals surface area contributed by atoms with E-state index in [-0.39, 0.29) is 18.4 Å². The number of anilines is 1. The minimum Gasteiger partial charge on any atom is -0.479 e. The summed E-state index contributed by atoms with van der Waals surface area (Å²) >= 11 is 0. The highest BCUT2D eigenvalue weighted by molar-refractivity contribution is 6.00. The third-order valence-corrected chi connectivity index (χ3v) is 4.43. The number of rotatable bonds is 3. The first-order valence-electron chi connectivity index (χ1n) is 7.02. The van der Waals surface area contributed by atoms with E-state index in [4.69, 9.17) is 4.74 Å². The number of aliphatic carboxylic acids is 1. The van der Waals surface area contributed by atoms with Crippen LogP contribution in [0.25, 0.3) is 0 Å². The van der Waals surface area contributed by atoms with Crippen molar-refractivity contribution >= 4 is 17.6 Å². The molecule has 0 saturated carbocycles. The summed E-state index contributed by atoms with van der Waals surface area (Å²) in [5, 5.41) is 12.5. The van der Waals surface area contributed by atoms with Gasteiger partial charge in [-0.3, -0.25) is 4.79 Å². The highest BCUT2D eigenvalue weighted by Gasteiger charge is 2.57. The summed E-state index contributed by atoms with van der Waals surface area (Å²) < 4.78 is 5.49. The molecule has 2 aliphatic rings. The number of benzene rings is 1. The number of ether oxygens (including phenoxy) is 1. The Kier molecular flexibility index (Phi) is 3.33. The standard InChI is InChI=1S/C15H18N2O4/c1-16-12-5-3-2-4-11(12)13(18)17-8-10-6-7-21-15(10,9-17)14(19)20/h2-5,10,16H,6-9H2,1H3,(H,19,20)/t10-,15+/m0/s1. The van der Waals surface area contributed by atoms with Crippen LogP contribution in [0.5, 0.6) is 0 Å². The number of likely N-dealkylation sites (tertiary alicyclic amines) is 1. The Morgan fingerprint density at radius 1 is 1.43 bits per heavy atom. The number of hydrogen-bond donors (Lipinski definition) is 2. The lowest BCUT2D eigenvalue weighted by Crippen LogP contribution is -2.45. The first-order chi connectivity index (χ1) is 10.1. The molecule has 112 valence electrons. The lowest BCUT2D eigenvalue weighted by Gasteiger charge is -2.23. The second-order valence-corrected chi connectivity index (χ2v) is 5.51. The van der Waals surface area contributed by atoms with Gasteiger partial charge in [0.05, 0.1) is 12.1 Å². The zero-order chi connectivity index (χ0) is 15.0. The molecule has 1 amide bonds. The average Bonchev–Trinajstić information content (AvgIpc) is 3.04. The number of carboxylic acids is 1. The minimum absolute atomic E-state index is 0.115. The van der Waals surface area contributed by atoms with Crippen molar-refractivity contribution in [3.63, 3.8) is 0 Å². The fourth-order valence-electron chi connectivity index (χ4n) is 3.28. The number of carbonyl (C=O) groups is 2. The van der Waals surface area contributed by atoms with Crippen molar-refractivity contribution < 1.29 is 19.4 Å². The molecule has 0 bridgehead atoms. The number of amides is 1. The maximum absolute atomic E-state index is 12.7. The van der Waals surface area contributed by atoms with Crippen LogP contribution >= 0.6 is 0 Å². The fourth-order valence-corrected chi connectivity index (χ4v) is 3.28. The predicted octanol–water partition coefficient (Wildman–Crippen LogP) is 1.04. The van der Waals surface area contributed by atoms with Gasteiger partial charge in [0.2, 0.25) is 0 Å². The number of nitrogens with one attached hydrogen (secondary N) is 1. The van der Waals surface area contributed by atoms with Crippen LogP contribution in [0.1, 0.15) is 16.8 Å². The summed E-state index contributed by atoms with van der Waals surface area (Å²) in [4.78, 5) is 25.8.